The molecule has 2 amide bonds. The fourth-order valence-corrected chi connectivity index (χ4v) is 2.61. The van der Waals surface area contributed by atoms with Crippen LogP contribution in [0.5, 0.6) is 0 Å². The molecule has 0 radical (unpaired) electrons. The van der Waals surface area contributed by atoms with Crippen LogP contribution in [0.15, 0.2) is 18.5 Å². The molecule has 0 bridgehead atoms. The standard InChI is InChI=1S/C14H22N4O2/c1-10(2)11-12(19)16-14(3,4)13(20)18(11)9-8-17-7-5-6-15-17/h5-7,10-11H,8-9H2,1-4H3,(H,16,19). The van der Waals surface area contributed by atoms with Gasteiger partial charge in [0.25, 0.3) is 0 Å². The van der Waals surface area contributed by atoms with Crippen LogP contribution in [0, 0.1) is 5.92 Å². The average Bonchev–Trinajstić information content (AvgIpc) is 2.83. The summed E-state index contributed by atoms with van der Waals surface area (Å²) >= 11 is 0. The fraction of sp³-hybridized carbons (Fsp3) is 0.643. The summed E-state index contributed by atoms with van der Waals surface area (Å²) in [6, 6.07) is 1.43. The van der Waals surface area contributed by atoms with Crippen molar-refractivity contribution in [3.05, 3.63) is 18.5 Å². The van der Waals surface area contributed by atoms with Crippen LogP contribution in [0.3, 0.4) is 0 Å². The Morgan fingerprint density at radius 3 is 2.60 bits per heavy atom. The van der Waals surface area contributed by atoms with E-state index in [4.69, 9.17) is 0 Å². The number of hydrogen-bond donors (Lipinski definition) is 1. The van der Waals surface area contributed by atoms with E-state index in [1.807, 2.05) is 26.1 Å². The first-order valence-electron chi connectivity index (χ1n) is 6.93. The summed E-state index contributed by atoms with van der Waals surface area (Å²) < 4.78 is 1.77. The molecule has 0 aromatic carbocycles. The Kier molecular flexibility index (Phi) is 3.83. The zero-order valence-corrected chi connectivity index (χ0v) is 12.5. The zero-order chi connectivity index (χ0) is 14.9. The molecule has 1 unspecified atom stereocenters. The van der Waals surface area contributed by atoms with Crippen molar-refractivity contribution in [1.29, 1.82) is 0 Å². The van der Waals surface area contributed by atoms with Crippen LogP contribution in [0.1, 0.15) is 27.7 Å². The monoisotopic (exact) mass is 278 g/mol. The van der Waals surface area contributed by atoms with Gasteiger partial charge in [0.2, 0.25) is 11.8 Å². The first-order valence-corrected chi connectivity index (χ1v) is 6.93. The van der Waals surface area contributed by atoms with E-state index in [-0.39, 0.29) is 17.7 Å². The van der Waals surface area contributed by atoms with E-state index in [1.54, 1.807) is 29.6 Å². The second-order valence-electron chi connectivity index (χ2n) is 6.07. The van der Waals surface area contributed by atoms with E-state index in [1.165, 1.54) is 0 Å². The van der Waals surface area contributed by atoms with Gasteiger partial charge in [-0.15, -0.1) is 0 Å². The van der Waals surface area contributed by atoms with Gasteiger partial charge in [0.05, 0.1) is 6.54 Å². The van der Waals surface area contributed by atoms with E-state index in [2.05, 4.69) is 10.4 Å². The average molecular weight is 278 g/mol. The summed E-state index contributed by atoms with van der Waals surface area (Å²) in [4.78, 5) is 26.5. The molecule has 1 saturated heterocycles. The van der Waals surface area contributed by atoms with Gasteiger partial charge in [-0.1, -0.05) is 13.8 Å². The third-order valence-corrected chi connectivity index (χ3v) is 3.60. The highest BCUT2D eigenvalue weighted by atomic mass is 16.2. The number of aromatic nitrogens is 2. The smallest absolute Gasteiger partial charge is 0.248 e. The minimum Gasteiger partial charge on any atom is -0.340 e. The number of nitrogens with zero attached hydrogens (tertiary/aromatic N) is 3. The molecule has 1 aromatic heterocycles. The molecule has 2 rings (SSSR count). The zero-order valence-electron chi connectivity index (χ0n) is 12.5. The number of amides is 2. The molecule has 1 N–H and O–H groups in total. The SMILES string of the molecule is CC(C)C1C(=O)NC(C)(C)C(=O)N1CCn1cccn1. The van der Waals surface area contributed by atoms with Crippen LogP contribution in [0.25, 0.3) is 0 Å². The molecule has 6 nitrogen and oxygen atoms in total. The highest BCUT2D eigenvalue weighted by Gasteiger charge is 2.45. The summed E-state index contributed by atoms with van der Waals surface area (Å²) in [5.74, 6) is -0.0410. The van der Waals surface area contributed by atoms with Crippen molar-refractivity contribution in [2.45, 2.75) is 45.8 Å². The van der Waals surface area contributed by atoms with Crippen molar-refractivity contribution in [3.63, 3.8) is 0 Å². The minimum absolute atomic E-state index is 0.0389. The number of rotatable bonds is 4. The van der Waals surface area contributed by atoms with Gasteiger partial charge < -0.3 is 10.2 Å². The molecular weight excluding hydrogens is 256 g/mol. The Morgan fingerprint density at radius 1 is 1.35 bits per heavy atom. The molecule has 0 saturated carbocycles. The van der Waals surface area contributed by atoms with Crippen LogP contribution in [0.2, 0.25) is 0 Å². The number of piperazine rings is 1. The molecule has 1 aromatic rings. The molecule has 110 valence electrons. The highest BCUT2D eigenvalue weighted by molar-refractivity contribution is 5.99. The molecule has 1 fully saturated rings. The van der Waals surface area contributed by atoms with Gasteiger partial charge in [-0.3, -0.25) is 14.3 Å². The van der Waals surface area contributed by atoms with Crippen molar-refractivity contribution in [3.8, 4) is 0 Å². The van der Waals surface area contributed by atoms with Crippen LogP contribution in [0.4, 0.5) is 0 Å². The second kappa shape index (κ2) is 5.26. The molecule has 6 heteroatoms. The largest absolute Gasteiger partial charge is 0.340 e. The fourth-order valence-electron chi connectivity index (χ4n) is 2.61. The maximum absolute atomic E-state index is 12.5. The van der Waals surface area contributed by atoms with E-state index in [0.717, 1.165) is 0 Å². The first-order chi connectivity index (χ1) is 9.33. The van der Waals surface area contributed by atoms with E-state index < -0.39 is 11.6 Å². The molecule has 0 spiro atoms. The normalized spacial score (nSPS) is 22.2. The minimum atomic E-state index is -0.841. The van der Waals surface area contributed by atoms with Crippen LogP contribution < -0.4 is 5.32 Å². The van der Waals surface area contributed by atoms with Crippen molar-refractivity contribution in [2.75, 3.05) is 6.54 Å². The third-order valence-electron chi connectivity index (χ3n) is 3.60. The molecule has 1 atom stereocenters. The lowest BCUT2D eigenvalue weighted by Gasteiger charge is -2.44. The lowest BCUT2D eigenvalue weighted by Crippen LogP contribution is -2.69. The van der Waals surface area contributed by atoms with Gasteiger partial charge in [0.1, 0.15) is 11.6 Å². The number of carbonyl (C=O) groups is 2. The first kappa shape index (κ1) is 14.6. The quantitative estimate of drug-likeness (QED) is 0.879. The van der Waals surface area contributed by atoms with Crippen LogP contribution in [-0.2, 0) is 16.1 Å². The lowest BCUT2D eigenvalue weighted by molar-refractivity contribution is -0.155. The Bertz CT molecular complexity index is 493. The van der Waals surface area contributed by atoms with Crippen LogP contribution in [-0.4, -0.2) is 44.6 Å². The summed E-state index contributed by atoms with van der Waals surface area (Å²) in [7, 11) is 0. The van der Waals surface area contributed by atoms with Crippen molar-refractivity contribution in [1.82, 2.24) is 20.0 Å². The van der Waals surface area contributed by atoms with Crippen molar-refractivity contribution >= 4 is 11.8 Å². The summed E-state index contributed by atoms with van der Waals surface area (Å²) in [6.07, 6.45) is 3.55. The maximum atomic E-state index is 12.5. The molecule has 0 aliphatic carbocycles. The Labute approximate surface area is 119 Å². The van der Waals surface area contributed by atoms with E-state index >= 15 is 0 Å². The van der Waals surface area contributed by atoms with Crippen molar-refractivity contribution in [2.24, 2.45) is 5.92 Å². The van der Waals surface area contributed by atoms with Gasteiger partial charge in [-0.2, -0.15) is 5.10 Å². The predicted molar refractivity (Wildman–Crippen MR) is 74.8 cm³/mol. The van der Waals surface area contributed by atoms with Gasteiger partial charge >= 0.3 is 0 Å². The highest BCUT2D eigenvalue weighted by Crippen LogP contribution is 2.22. The van der Waals surface area contributed by atoms with Gasteiger partial charge in [-0.25, -0.2) is 0 Å². The summed E-state index contributed by atoms with van der Waals surface area (Å²) in [5, 5.41) is 6.94. The molecule has 2 heterocycles. The molecule has 20 heavy (non-hydrogen) atoms. The van der Waals surface area contributed by atoms with Gasteiger partial charge in [0, 0.05) is 18.9 Å². The maximum Gasteiger partial charge on any atom is 0.248 e. The molecule has 1 aliphatic heterocycles. The number of carbonyl (C=O) groups excluding carboxylic acids is 2. The Hall–Kier alpha value is -1.85. The molecule has 1 aliphatic rings. The predicted octanol–water partition coefficient (Wildman–Crippen LogP) is 0.645. The Morgan fingerprint density at radius 2 is 2.05 bits per heavy atom. The van der Waals surface area contributed by atoms with Gasteiger partial charge in [-0.05, 0) is 25.8 Å². The lowest BCUT2D eigenvalue weighted by atomic mass is 9.91. The van der Waals surface area contributed by atoms with E-state index in [9.17, 15) is 9.59 Å². The summed E-state index contributed by atoms with van der Waals surface area (Å²) in [6.45, 7) is 8.47. The topological polar surface area (TPSA) is 67.2 Å². The summed E-state index contributed by atoms with van der Waals surface area (Å²) in [5.41, 5.74) is -0.841. The van der Waals surface area contributed by atoms with Crippen LogP contribution >= 0.6 is 0 Å². The molecular formula is C14H22N4O2. The number of nitrogens with one attached hydrogen (secondary N) is 1. The number of hydrogen-bond acceptors (Lipinski definition) is 3. The van der Waals surface area contributed by atoms with Gasteiger partial charge in [0.15, 0.2) is 0 Å². The third kappa shape index (κ3) is 2.69. The van der Waals surface area contributed by atoms with E-state index in [0.29, 0.717) is 13.1 Å². The van der Waals surface area contributed by atoms with Crippen molar-refractivity contribution < 1.29 is 9.59 Å². The Balaban J connectivity index is 2.18. The second-order valence-corrected chi connectivity index (χ2v) is 6.07.